The summed E-state index contributed by atoms with van der Waals surface area (Å²) in [7, 11) is 0. The van der Waals surface area contributed by atoms with Crippen LogP contribution in [0.5, 0.6) is 5.75 Å². The topological polar surface area (TPSA) is 94.8 Å². The normalized spacial score (nSPS) is 11.1. The maximum absolute atomic E-state index is 13.2. The number of nitrogens with zero attached hydrogens (tertiary/aromatic N) is 5. The second-order valence-corrected chi connectivity index (χ2v) is 6.51. The van der Waals surface area contributed by atoms with Crippen molar-refractivity contribution in [1.82, 2.24) is 24.6 Å². The van der Waals surface area contributed by atoms with Gasteiger partial charge in [0.25, 0.3) is 6.43 Å². The number of nitrogens with one attached hydrogen (secondary N) is 1. The largest absolute Gasteiger partial charge is 0.432 e. The van der Waals surface area contributed by atoms with Crippen molar-refractivity contribution in [2.24, 2.45) is 0 Å². The van der Waals surface area contributed by atoms with Gasteiger partial charge in [0.15, 0.2) is 22.2 Å². The van der Waals surface area contributed by atoms with Crippen LogP contribution >= 0.6 is 11.3 Å². The monoisotopic (exact) mass is 402 g/mol. The molecule has 1 amide bonds. The van der Waals surface area contributed by atoms with E-state index in [-0.39, 0.29) is 22.3 Å². The number of fused-ring (bicyclic) bond motifs is 1. The number of ether oxygens (including phenoxy) is 1. The van der Waals surface area contributed by atoms with Crippen LogP contribution in [0, 0.1) is 6.92 Å². The Balaban J connectivity index is 1.55. The first kappa shape index (κ1) is 17.9. The second kappa shape index (κ2) is 7.27. The van der Waals surface area contributed by atoms with Gasteiger partial charge in [0.1, 0.15) is 0 Å². The molecule has 4 aromatic rings. The molecule has 1 N–H and O–H groups in total. The number of carbonyl (C=O) groups is 1. The van der Waals surface area contributed by atoms with Crippen molar-refractivity contribution in [1.29, 1.82) is 0 Å². The van der Waals surface area contributed by atoms with E-state index in [1.165, 1.54) is 29.8 Å². The molecule has 0 fully saturated rings. The van der Waals surface area contributed by atoms with Crippen LogP contribution in [0.2, 0.25) is 0 Å². The zero-order valence-electron chi connectivity index (χ0n) is 14.3. The Kier molecular flexibility index (Phi) is 4.65. The third kappa shape index (κ3) is 3.39. The van der Waals surface area contributed by atoms with E-state index in [1.807, 2.05) is 0 Å². The lowest BCUT2D eigenvalue weighted by atomic mass is 10.2. The fourth-order valence-electron chi connectivity index (χ4n) is 2.56. The fourth-order valence-corrected chi connectivity index (χ4v) is 3.13. The SMILES string of the molecule is Cc1nc(-c2nccs2)ncc1OC(=O)Nn1cc(C(F)F)c2cccnc21. The fraction of sp³-hybridized carbons (Fsp3) is 0.118. The Labute approximate surface area is 160 Å². The summed E-state index contributed by atoms with van der Waals surface area (Å²) in [5.74, 6) is 0.554. The molecule has 0 radical (unpaired) electrons. The first-order chi connectivity index (χ1) is 13.5. The summed E-state index contributed by atoms with van der Waals surface area (Å²) in [5.41, 5.74) is 2.74. The van der Waals surface area contributed by atoms with Crippen molar-refractivity contribution < 1.29 is 18.3 Å². The Hall–Kier alpha value is -3.47. The Morgan fingerprint density at radius 3 is 2.86 bits per heavy atom. The molecule has 28 heavy (non-hydrogen) atoms. The van der Waals surface area contributed by atoms with E-state index >= 15 is 0 Å². The first-order valence-electron chi connectivity index (χ1n) is 7.99. The van der Waals surface area contributed by atoms with Crippen LogP contribution in [-0.2, 0) is 0 Å². The van der Waals surface area contributed by atoms with Crippen LogP contribution in [-0.4, -0.2) is 30.7 Å². The van der Waals surface area contributed by atoms with Gasteiger partial charge in [-0.2, -0.15) is 0 Å². The van der Waals surface area contributed by atoms with E-state index in [0.717, 1.165) is 10.9 Å². The number of aryl methyl sites for hydroxylation is 1. The van der Waals surface area contributed by atoms with Gasteiger partial charge in [0.05, 0.1) is 11.9 Å². The number of aromatic nitrogens is 5. The van der Waals surface area contributed by atoms with Crippen LogP contribution in [0.4, 0.5) is 13.6 Å². The quantitative estimate of drug-likeness (QED) is 0.556. The van der Waals surface area contributed by atoms with Gasteiger partial charge >= 0.3 is 6.09 Å². The van der Waals surface area contributed by atoms with Crippen molar-refractivity contribution in [3.63, 3.8) is 0 Å². The minimum Gasteiger partial charge on any atom is -0.406 e. The average molecular weight is 402 g/mol. The summed E-state index contributed by atoms with van der Waals surface area (Å²) in [6.07, 6.45) is 1.95. The Morgan fingerprint density at radius 2 is 2.14 bits per heavy atom. The van der Waals surface area contributed by atoms with E-state index in [9.17, 15) is 13.6 Å². The maximum atomic E-state index is 13.2. The van der Waals surface area contributed by atoms with Crippen LogP contribution in [0.3, 0.4) is 0 Å². The highest BCUT2D eigenvalue weighted by Gasteiger charge is 2.19. The van der Waals surface area contributed by atoms with Gasteiger partial charge < -0.3 is 4.74 Å². The smallest absolute Gasteiger partial charge is 0.406 e. The Bertz CT molecular complexity index is 1150. The lowest BCUT2D eigenvalue weighted by Crippen LogP contribution is -2.26. The zero-order chi connectivity index (χ0) is 19.7. The molecule has 0 aliphatic carbocycles. The number of halogens is 2. The summed E-state index contributed by atoms with van der Waals surface area (Å²) in [6.45, 7) is 1.66. The lowest BCUT2D eigenvalue weighted by Gasteiger charge is -2.09. The Morgan fingerprint density at radius 1 is 1.29 bits per heavy atom. The van der Waals surface area contributed by atoms with Gasteiger partial charge in [-0.3, -0.25) is 0 Å². The van der Waals surface area contributed by atoms with Gasteiger partial charge in [0.2, 0.25) is 0 Å². The minimum absolute atomic E-state index is 0.135. The van der Waals surface area contributed by atoms with Crippen LogP contribution in [0.1, 0.15) is 17.7 Å². The molecule has 0 aromatic carbocycles. The highest BCUT2D eigenvalue weighted by molar-refractivity contribution is 7.12. The number of pyridine rings is 1. The summed E-state index contributed by atoms with van der Waals surface area (Å²) in [5, 5.41) is 2.68. The molecule has 4 heterocycles. The third-order valence-corrected chi connectivity index (χ3v) is 4.57. The predicted octanol–water partition coefficient (Wildman–Crippen LogP) is 3.94. The van der Waals surface area contributed by atoms with Crippen molar-refractivity contribution >= 4 is 28.5 Å². The summed E-state index contributed by atoms with van der Waals surface area (Å²) in [4.78, 5) is 28.8. The summed E-state index contributed by atoms with van der Waals surface area (Å²) < 4.78 is 32.7. The molecular formula is C17H12F2N6O2S. The number of amides is 1. The molecule has 0 spiro atoms. The van der Waals surface area contributed by atoms with Gasteiger partial charge in [-0.05, 0) is 19.1 Å². The van der Waals surface area contributed by atoms with E-state index < -0.39 is 12.5 Å². The molecular weight excluding hydrogens is 390 g/mol. The van der Waals surface area contributed by atoms with Gasteiger partial charge in [-0.15, -0.1) is 11.3 Å². The predicted molar refractivity (Wildman–Crippen MR) is 98.0 cm³/mol. The van der Waals surface area contributed by atoms with Gasteiger partial charge in [0, 0.05) is 34.9 Å². The number of carbonyl (C=O) groups excluding carboxylic acids is 1. The standard InChI is InChI=1S/C17H12F2N6O2S/c1-9-12(7-22-14(23-9)16-21-5-6-28-16)27-17(26)24-25-8-11(13(18)19)10-3-2-4-20-15(10)25/h2-8,13H,1H3,(H,24,26). The zero-order valence-corrected chi connectivity index (χ0v) is 15.2. The van der Waals surface area contributed by atoms with E-state index in [0.29, 0.717) is 16.5 Å². The van der Waals surface area contributed by atoms with E-state index in [4.69, 9.17) is 4.74 Å². The number of thiazole rings is 1. The molecule has 11 heteroatoms. The molecule has 0 aliphatic heterocycles. The summed E-state index contributed by atoms with van der Waals surface area (Å²) in [6, 6.07) is 3.05. The molecule has 142 valence electrons. The molecule has 0 atom stereocenters. The second-order valence-electron chi connectivity index (χ2n) is 5.61. The maximum Gasteiger partial charge on any atom is 0.432 e. The number of hydrogen-bond donors (Lipinski definition) is 1. The number of alkyl halides is 2. The van der Waals surface area contributed by atoms with Gasteiger partial charge in [-0.1, -0.05) is 0 Å². The molecule has 0 saturated carbocycles. The molecule has 8 nitrogen and oxygen atoms in total. The molecule has 0 aliphatic rings. The third-order valence-electron chi connectivity index (χ3n) is 3.80. The van der Waals surface area contributed by atoms with Crippen LogP contribution in [0.15, 0.2) is 42.3 Å². The van der Waals surface area contributed by atoms with Crippen molar-refractivity contribution in [2.45, 2.75) is 13.3 Å². The molecule has 0 unspecified atom stereocenters. The van der Waals surface area contributed by atoms with Gasteiger partial charge in [-0.25, -0.2) is 43.6 Å². The summed E-state index contributed by atoms with van der Waals surface area (Å²) >= 11 is 1.38. The molecule has 0 bridgehead atoms. The van der Waals surface area contributed by atoms with Crippen LogP contribution in [0.25, 0.3) is 21.9 Å². The number of rotatable bonds is 4. The van der Waals surface area contributed by atoms with Crippen molar-refractivity contribution in [2.75, 3.05) is 5.43 Å². The lowest BCUT2D eigenvalue weighted by molar-refractivity contribution is 0.153. The van der Waals surface area contributed by atoms with Crippen LogP contribution < -0.4 is 10.2 Å². The molecule has 4 aromatic heterocycles. The molecule has 0 saturated heterocycles. The highest BCUT2D eigenvalue weighted by Crippen LogP contribution is 2.28. The van der Waals surface area contributed by atoms with Crippen molar-refractivity contribution in [3.05, 3.63) is 53.6 Å². The van der Waals surface area contributed by atoms with E-state index in [1.54, 1.807) is 24.6 Å². The minimum atomic E-state index is -2.71. The number of hydrogen-bond acceptors (Lipinski definition) is 7. The molecule has 4 rings (SSSR count). The highest BCUT2D eigenvalue weighted by atomic mass is 32.1. The van der Waals surface area contributed by atoms with E-state index in [2.05, 4.69) is 25.4 Å². The average Bonchev–Trinajstić information content (AvgIpc) is 3.32. The van der Waals surface area contributed by atoms with Crippen molar-refractivity contribution in [3.8, 4) is 16.6 Å². The first-order valence-corrected chi connectivity index (χ1v) is 8.87.